The van der Waals surface area contributed by atoms with Crippen molar-refractivity contribution in [1.29, 1.82) is 0 Å². The molecule has 0 aliphatic heterocycles. The van der Waals surface area contributed by atoms with Crippen LogP contribution in [-0.4, -0.2) is 59.8 Å². The van der Waals surface area contributed by atoms with Crippen LogP contribution < -0.4 is 21.5 Å². The lowest BCUT2D eigenvalue weighted by Crippen LogP contribution is -2.52. The third-order valence-corrected chi connectivity index (χ3v) is 8.67. The maximum absolute atomic E-state index is 13.8. The molecule has 6 N–H and O–H groups in total. The summed E-state index contributed by atoms with van der Waals surface area (Å²) in [6, 6.07) is 6.15. The monoisotopic (exact) mass is 665 g/mol. The van der Waals surface area contributed by atoms with Gasteiger partial charge in [-0.3, -0.25) is 44.4 Å². The fraction of sp³-hybridized carbons (Fsp3) is 0.485. The molecule has 15 heteroatoms. The summed E-state index contributed by atoms with van der Waals surface area (Å²) in [6.45, 7) is 15.0. The first-order valence-corrected chi connectivity index (χ1v) is 15.3. The van der Waals surface area contributed by atoms with Crippen LogP contribution in [-0.2, 0) is 25.7 Å². The zero-order valence-electron chi connectivity index (χ0n) is 28.3. The van der Waals surface area contributed by atoms with Crippen LogP contribution >= 0.6 is 0 Å². The number of nitrogens with one attached hydrogen (secondary N) is 4. The van der Waals surface area contributed by atoms with Gasteiger partial charge in [-0.25, -0.2) is 9.97 Å². The molecule has 0 aliphatic carbocycles. The number of anilines is 2. The van der Waals surface area contributed by atoms with Crippen molar-refractivity contribution in [3.63, 3.8) is 0 Å². The number of carboxylic acid groups (broad SMARTS) is 2. The van der Waals surface area contributed by atoms with Gasteiger partial charge in [0.2, 0.25) is 17.8 Å². The summed E-state index contributed by atoms with van der Waals surface area (Å²) in [7, 11) is 0. The summed E-state index contributed by atoms with van der Waals surface area (Å²) in [4.78, 5) is 89.3. The highest BCUT2D eigenvalue weighted by atomic mass is 16.4. The Balaban J connectivity index is 1.77. The molecule has 2 aromatic heterocycles. The van der Waals surface area contributed by atoms with E-state index in [1.165, 1.54) is 18.3 Å². The van der Waals surface area contributed by atoms with E-state index in [-0.39, 0.29) is 42.1 Å². The minimum atomic E-state index is -1.14. The molecular formula is C33H43N7O8. The van der Waals surface area contributed by atoms with Crippen LogP contribution in [0.5, 0.6) is 0 Å². The first-order valence-electron chi connectivity index (χ1n) is 15.3. The fourth-order valence-electron chi connectivity index (χ4n) is 5.08. The molecule has 1 aromatic carbocycles. The largest absolute Gasteiger partial charge is 0.481 e. The number of benzene rings is 1. The average Bonchev–Trinajstić information content (AvgIpc) is 2.96. The Bertz CT molecular complexity index is 1770. The SMILES string of the molecule is CC(C)(C)C(C(=O)O)C(C(=O)Nc1nc2ncc(CNc3ccc(C(=O)NC(=O)CCC(=O)O)cc3)nc2c(=O)[nH]1)C(C)(C)C(C)(C)C. The summed E-state index contributed by atoms with van der Waals surface area (Å²) in [5, 5.41) is 26.7. The molecule has 0 saturated carbocycles. The molecule has 0 radical (unpaired) electrons. The van der Waals surface area contributed by atoms with Crippen molar-refractivity contribution in [3.05, 3.63) is 52.1 Å². The molecule has 0 bridgehead atoms. The van der Waals surface area contributed by atoms with Crippen molar-refractivity contribution >= 4 is 52.5 Å². The first-order chi connectivity index (χ1) is 22.1. The molecule has 2 heterocycles. The number of H-pyrrole nitrogens is 1. The number of carbonyl (C=O) groups excluding carboxylic acids is 3. The molecule has 15 nitrogen and oxygen atoms in total. The zero-order valence-corrected chi connectivity index (χ0v) is 28.3. The summed E-state index contributed by atoms with van der Waals surface area (Å²) in [5.41, 5.74) is -1.59. The molecule has 0 saturated heterocycles. The van der Waals surface area contributed by atoms with Gasteiger partial charge in [0.1, 0.15) is 0 Å². The highest BCUT2D eigenvalue weighted by Gasteiger charge is 2.53. The molecule has 3 amide bonds. The van der Waals surface area contributed by atoms with E-state index in [0.29, 0.717) is 11.4 Å². The standard InChI is InChI=1S/C33H43N7O8/c1-31(2,3)23(29(47)48)22(33(7,8)32(4,5)6)27(45)39-30-38-25-24(28(46)40-30)36-19(16-35-25)15-34-18-11-9-17(10-12-18)26(44)37-20(41)13-14-21(42)43/h9-12,16,22-23,34H,13-15H2,1-8H3,(H,42,43)(H,47,48)(H,37,41,44)(H2,35,38,39,40,45,46). The molecule has 48 heavy (non-hydrogen) atoms. The number of aromatic amines is 1. The Labute approximate surface area is 277 Å². The van der Waals surface area contributed by atoms with E-state index in [4.69, 9.17) is 5.11 Å². The van der Waals surface area contributed by atoms with Crippen LogP contribution in [0, 0.1) is 28.1 Å². The molecule has 0 spiro atoms. The van der Waals surface area contributed by atoms with E-state index in [2.05, 4.69) is 35.9 Å². The molecule has 2 atom stereocenters. The third kappa shape index (κ3) is 8.98. The molecule has 2 unspecified atom stereocenters. The topological polar surface area (TPSA) is 233 Å². The van der Waals surface area contributed by atoms with E-state index < -0.39 is 63.3 Å². The minimum absolute atomic E-state index is 0.0247. The van der Waals surface area contributed by atoms with Crippen LogP contribution in [0.4, 0.5) is 11.6 Å². The Kier molecular flexibility index (Phi) is 11.1. The fourth-order valence-corrected chi connectivity index (χ4v) is 5.08. The average molecular weight is 666 g/mol. The molecule has 0 aliphatic rings. The molecular weight excluding hydrogens is 622 g/mol. The number of aliphatic carboxylic acids is 2. The van der Waals surface area contributed by atoms with Gasteiger partial charge >= 0.3 is 11.9 Å². The summed E-state index contributed by atoms with van der Waals surface area (Å²) >= 11 is 0. The van der Waals surface area contributed by atoms with E-state index in [9.17, 15) is 33.9 Å². The van der Waals surface area contributed by atoms with Crippen molar-refractivity contribution in [2.75, 3.05) is 10.6 Å². The van der Waals surface area contributed by atoms with Gasteiger partial charge in [0.25, 0.3) is 11.5 Å². The van der Waals surface area contributed by atoms with Gasteiger partial charge in [-0.1, -0.05) is 55.4 Å². The smallest absolute Gasteiger partial charge is 0.307 e. The minimum Gasteiger partial charge on any atom is -0.481 e. The van der Waals surface area contributed by atoms with Crippen molar-refractivity contribution in [2.45, 2.75) is 74.8 Å². The summed E-state index contributed by atoms with van der Waals surface area (Å²) < 4.78 is 0. The predicted octanol–water partition coefficient (Wildman–Crippen LogP) is 3.82. The van der Waals surface area contributed by atoms with Gasteiger partial charge in [0.05, 0.1) is 36.7 Å². The molecule has 258 valence electrons. The van der Waals surface area contributed by atoms with Crippen molar-refractivity contribution in [3.8, 4) is 0 Å². The highest BCUT2D eigenvalue weighted by molar-refractivity contribution is 6.05. The van der Waals surface area contributed by atoms with Gasteiger partial charge < -0.3 is 15.5 Å². The van der Waals surface area contributed by atoms with Crippen LogP contribution in [0.1, 0.15) is 84.3 Å². The number of imide groups is 1. The van der Waals surface area contributed by atoms with Gasteiger partial charge in [0.15, 0.2) is 11.2 Å². The van der Waals surface area contributed by atoms with Crippen LogP contribution in [0.2, 0.25) is 0 Å². The van der Waals surface area contributed by atoms with Crippen LogP contribution in [0.15, 0.2) is 35.3 Å². The lowest BCUT2D eigenvalue weighted by atomic mass is 9.55. The Hall–Kier alpha value is -5.21. The zero-order chi connectivity index (χ0) is 36.2. The van der Waals surface area contributed by atoms with Gasteiger partial charge in [-0.15, -0.1) is 0 Å². The second kappa shape index (κ2) is 14.3. The van der Waals surface area contributed by atoms with E-state index in [1.54, 1.807) is 32.9 Å². The number of hydrogen-bond acceptors (Lipinski definition) is 10. The summed E-state index contributed by atoms with van der Waals surface area (Å²) in [5.74, 6) is -6.43. The Morgan fingerprint density at radius 3 is 2.04 bits per heavy atom. The molecule has 3 aromatic rings. The van der Waals surface area contributed by atoms with Crippen molar-refractivity contribution in [1.82, 2.24) is 25.3 Å². The number of nitrogens with zero attached hydrogens (tertiary/aromatic N) is 3. The number of carboxylic acids is 2. The van der Waals surface area contributed by atoms with E-state index >= 15 is 0 Å². The predicted molar refractivity (Wildman–Crippen MR) is 177 cm³/mol. The number of carbonyl (C=O) groups is 5. The second-order valence-corrected chi connectivity index (χ2v) is 14.3. The highest BCUT2D eigenvalue weighted by Crippen LogP contribution is 2.51. The number of fused-ring (bicyclic) bond motifs is 1. The summed E-state index contributed by atoms with van der Waals surface area (Å²) in [6.07, 6.45) is 0.703. The molecule has 0 fully saturated rings. The van der Waals surface area contributed by atoms with Gasteiger partial charge in [-0.2, -0.15) is 4.98 Å². The van der Waals surface area contributed by atoms with Crippen molar-refractivity contribution < 1.29 is 34.2 Å². The van der Waals surface area contributed by atoms with E-state index in [0.717, 1.165) is 0 Å². The van der Waals surface area contributed by atoms with Crippen molar-refractivity contribution in [2.24, 2.45) is 28.1 Å². The van der Waals surface area contributed by atoms with E-state index in [1.807, 2.05) is 34.6 Å². The maximum atomic E-state index is 13.8. The number of hydrogen-bond donors (Lipinski definition) is 6. The van der Waals surface area contributed by atoms with Crippen LogP contribution in [0.3, 0.4) is 0 Å². The number of rotatable bonds is 12. The third-order valence-electron chi connectivity index (χ3n) is 8.67. The number of aromatic nitrogens is 4. The lowest BCUT2D eigenvalue weighted by Gasteiger charge is -2.48. The van der Waals surface area contributed by atoms with Gasteiger partial charge in [-0.05, 0) is 40.5 Å². The quantitative estimate of drug-likeness (QED) is 0.162. The Morgan fingerprint density at radius 2 is 1.50 bits per heavy atom. The molecule has 3 rings (SSSR count). The number of amides is 3. The van der Waals surface area contributed by atoms with Gasteiger partial charge in [0, 0.05) is 17.7 Å². The Morgan fingerprint density at radius 1 is 0.875 bits per heavy atom. The second-order valence-electron chi connectivity index (χ2n) is 14.3. The van der Waals surface area contributed by atoms with Crippen LogP contribution in [0.25, 0.3) is 11.2 Å². The normalized spacial score (nSPS) is 13.3. The lowest BCUT2D eigenvalue weighted by molar-refractivity contribution is -0.158. The maximum Gasteiger partial charge on any atom is 0.307 e. The first kappa shape index (κ1) is 37.2.